The minimum Gasteiger partial charge on any atom is -0.465 e. The second kappa shape index (κ2) is 10.1. The Balaban J connectivity index is 1.10. The van der Waals surface area contributed by atoms with Gasteiger partial charge < -0.3 is 18.9 Å². The van der Waals surface area contributed by atoms with Gasteiger partial charge >= 0.3 is 5.97 Å². The summed E-state index contributed by atoms with van der Waals surface area (Å²) in [5, 5.41) is 15.1. The third-order valence-corrected chi connectivity index (χ3v) is 7.37. The highest BCUT2D eigenvalue weighted by Crippen LogP contribution is 2.41. The Kier molecular flexibility index (Phi) is 6.19. The van der Waals surface area contributed by atoms with Crippen molar-refractivity contribution >= 4 is 34.6 Å². The van der Waals surface area contributed by atoms with Gasteiger partial charge in [0.15, 0.2) is 17.2 Å². The van der Waals surface area contributed by atoms with Crippen molar-refractivity contribution in [1.82, 2.24) is 48.9 Å². The van der Waals surface area contributed by atoms with Gasteiger partial charge in [-0.1, -0.05) is 16.8 Å². The van der Waals surface area contributed by atoms with E-state index in [-0.39, 0.29) is 29.3 Å². The molecule has 212 valence electrons. The Labute approximate surface area is 241 Å². The molecule has 1 N–H and O–H groups in total. The molecule has 0 atom stereocenters. The minimum atomic E-state index is -0.608. The van der Waals surface area contributed by atoms with Gasteiger partial charge in [-0.2, -0.15) is 5.10 Å². The topological polar surface area (TPSA) is 139 Å². The Bertz CT molecular complexity index is 2000. The fourth-order valence-electron chi connectivity index (χ4n) is 4.83. The monoisotopic (exact) mass is 588 g/mol. The van der Waals surface area contributed by atoms with Crippen LogP contribution in [-0.4, -0.2) is 62.5 Å². The molecule has 0 aliphatic heterocycles. The summed E-state index contributed by atoms with van der Waals surface area (Å²) in [6, 6.07) is 3.47. The van der Waals surface area contributed by atoms with Crippen molar-refractivity contribution in [2.75, 3.05) is 7.11 Å². The van der Waals surface area contributed by atoms with Crippen LogP contribution in [0.15, 0.2) is 55.6 Å². The molecule has 0 unspecified atom stereocenters. The van der Waals surface area contributed by atoms with Crippen LogP contribution in [0, 0.1) is 5.82 Å². The largest absolute Gasteiger partial charge is 0.465 e. The first-order chi connectivity index (χ1) is 20.4. The van der Waals surface area contributed by atoms with Crippen molar-refractivity contribution in [2.24, 2.45) is 0 Å². The molecule has 15 heteroatoms. The summed E-state index contributed by atoms with van der Waals surface area (Å²) in [6.07, 6.45) is 13.8. The average molecular weight is 589 g/mol. The number of rotatable bonds is 8. The van der Waals surface area contributed by atoms with Gasteiger partial charge in [-0.25, -0.2) is 28.5 Å². The second-order valence-corrected chi connectivity index (χ2v) is 10.4. The summed E-state index contributed by atoms with van der Waals surface area (Å²) in [6.45, 7) is 0.227. The van der Waals surface area contributed by atoms with E-state index in [0.29, 0.717) is 28.5 Å². The summed E-state index contributed by atoms with van der Waals surface area (Å²) < 4.78 is 25.9. The number of nitrogens with zero attached hydrogens (tertiary/aromatic N) is 9. The zero-order chi connectivity index (χ0) is 29.0. The number of esters is 1. The Hall–Kier alpha value is -5.11. The smallest absolute Gasteiger partial charge is 0.341 e. The SMILES string of the molecule is COC(=O)c1cnn(-c2cc(C3CC3)cn3cc(Cn4cc(C(=O)NCc5ncn6ccc(Cl)c(F)c56)nn4)nc23)c1. The minimum absolute atomic E-state index is 0.0247. The maximum absolute atomic E-state index is 14.5. The van der Waals surface area contributed by atoms with Crippen LogP contribution in [-0.2, 0) is 17.8 Å². The third kappa shape index (κ3) is 4.64. The highest BCUT2D eigenvalue weighted by atomic mass is 35.5. The fraction of sp³-hybridized carbons (Fsp3) is 0.222. The summed E-state index contributed by atoms with van der Waals surface area (Å²) in [4.78, 5) is 33.7. The van der Waals surface area contributed by atoms with Crippen molar-refractivity contribution in [3.8, 4) is 5.69 Å². The lowest BCUT2D eigenvalue weighted by atomic mass is 10.2. The number of carbonyl (C=O) groups is 2. The van der Waals surface area contributed by atoms with Crippen LogP contribution in [0.4, 0.5) is 4.39 Å². The number of halogens is 2. The molecule has 1 saturated carbocycles. The molecule has 1 amide bonds. The highest BCUT2D eigenvalue weighted by molar-refractivity contribution is 6.31. The van der Waals surface area contributed by atoms with Gasteiger partial charge in [0.05, 0.1) is 60.9 Å². The Morgan fingerprint density at radius 2 is 2.05 bits per heavy atom. The number of nitrogens with one attached hydrogen (secondary N) is 1. The van der Waals surface area contributed by atoms with Gasteiger partial charge in [0.1, 0.15) is 11.2 Å². The number of aromatic nitrogens is 9. The lowest BCUT2D eigenvalue weighted by molar-refractivity contribution is 0.0600. The molecule has 6 heterocycles. The highest BCUT2D eigenvalue weighted by Gasteiger charge is 2.26. The molecule has 1 aliphatic rings. The molecule has 13 nitrogen and oxygen atoms in total. The van der Waals surface area contributed by atoms with E-state index in [9.17, 15) is 14.0 Å². The molecule has 1 aliphatic carbocycles. The molecule has 0 bridgehead atoms. The molecule has 1 fully saturated rings. The van der Waals surface area contributed by atoms with Gasteiger partial charge in [-0.15, -0.1) is 5.10 Å². The number of methoxy groups -OCH3 is 1. The molecule has 42 heavy (non-hydrogen) atoms. The van der Waals surface area contributed by atoms with Crippen molar-refractivity contribution in [2.45, 2.75) is 31.8 Å². The molecule has 0 radical (unpaired) electrons. The Morgan fingerprint density at radius 1 is 1.19 bits per heavy atom. The van der Waals surface area contributed by atoms with Gasteiger partial charge in [0.25, 0.3) is 5.91 Å². The van der Waals surface area contributed by atoms with Crippen LogP contribution in [0.1, 0.15) is 56.6 Å². The van der Waals surface area contributed by atoms with Crippen LogP contribution in [0.3, 0.4) is 0 Å². The average Bonchev–Trinajstić information content (AvgIpc) is 3.36. The van der Waals surface area contributed by atoms with E-state index in [0.717, 1.165) is 24.1 Å². The molecular weight excluding hydrogens is 567 g/mol. The number of pyridine rings is 2. The lowest BCUT2D eigenvalue weighted by Gasteiger charge is -2.07. The molecule has 0 spiro atoms. The number of hydrogen-bond acceptors (Lipinski definition) is 8. The maximum Gasteiger partial charge on any atom is 0.341 e. The Morgan fingerprint density at radius 3 is 2.86 bits per heavy atom. The van der Waals surface area contributed by atoms with Crippen molar-refractivity contribution in [3.05, 3.63) is 94.7 Å². The lowest BCUT2D eigenvalue weighted by Crippen LogP contribution is -2.23. The van der Waals surface area contributed by atoms with Crippen LogP contribution >= 0.6 is 11.6 Å². The van der Waals surface area contributed by atoms with E-state index >= 15 is 0 Å². The summed E-state index contributed by atoms with van der Waals surface area (Å²) in [5.74, 6) is -1.10. The summed E-state index contributed by atoms with van der Waals surface area (Å²) >= 11 is 5.90. The van der Waals surface area contributed by atoms with E-state index in [1.165, 1.54) is 41.0 Å². The molecule has 7 rings (SSSR count). The second-order valence-electron chi connectivity index (χ2n) is 9.97. The van der Waals surface area contributed by atoms with Crippen molar-refractivity contribution < 1.29 is 18.7 Å². The summed E-state index contributed by atoms with van der Waals surface area (Å²) in [7, 11) is 1.32. The zero-order valence-corrected chi connectivity index (χ0v) is 22.9. The van der Waals surface area contributed by atoms with Crippen molar-refractivity contribution in [1.29, 1.82) is 0 Å². The third-order valence-electron chi connectivity index (χ3n) is 7.08. The number of hydrogen-bond donors (Lipinski definition) is 1. The number of amides is 1. The fourth-order valence-corrected chi connectivity index (χ4v) is 4.98. The van der Waals surface area contributed by atoms with E-state index in [2.05, 4.69) is 25.7 Å². The number of ether oxygens (including phenoxy) is 1. The molecular formula is C27H22ClFN10O3. The van der Waals surface area contributed by atoms with E-state index in [1.807, 2.05) is 22.9 Å². The predicted molar refractivity (Wildman–Crippen MR) is 146 cm³/mol. The number of carbonyl (C=O) groups excluding carboxylic acids is 2. The van der Waals surface area contributed by atoms with Gasteiger partial charge in [0.2, 0.25) is 0 Å². The van der Waals surface area contributed by atoms with Gasteiger partial charge in [-0.3, -0.25) is 4.79 Å². The van der Waals surface area contributed by atoms with Crippen LogP contribution in [0.25, 0.3) is 16.9 Å². The van der Waals surface area contributed by atoms with Gasteiger partial charge in [0, 0.05) is 24.8 Å². The van der Waals surface area contributed by atoms with Crippen LogP contribution < -0.4 is 5.32 Å². The molecule has 6 aromatic rings. The number of fused-ring (bicyclic) bond motifs is 2. The molecule has 0 aromatic carbocycles. The first kappa shape index (κ1) is 25.8. The van der Waals surface area contributed by atoms with Crippen LogP contribution in [0.2, 0.25) is 5.02 Å². The van der Waals surface area contributed by atoms with E-state index in [4.69, 9.17) is 21.3 Å². The predicted octanol–water partition coefficient (Wildman–Crippen LogP) is 3.19. The normalized spacial score (nSPS) is 13.2. The number of imidazole rings is 2. The first-order valence-electron chi connectivity index (χ1n) is 13.0. The van der Waals surface area contributed by atoms with Crippen LogP contribution in [0.5, 0.6) is 0 Å². The molecule has 0 saturated heterocycles. The zero-order valence-electron chi connectivity index (χ0n) is 22.1. The van der Waals surface area contributed by atoms with Gasteiger partial charge in [-0.05, 0) is 36.5 Å². The van der Waals surface area contributed by atoms with E-state index < -0.39 is 17.7 Å². The first-order valence-corrected chi connectivity index (χ1v) is 13.4. The summed E-state index contributed by atoms with van der Waals surface area (Å²) in [5.41, 5.74) is 4.15. The molecule has 6 aromatic heterocycles. The van der Waals surface area contributed by atoms with Crippen molar-refractivity contribution in [3.63, 3.8) is 0 Å². The quantitative estimate of drug-likeness (QED) is 0.268. The maximum atomic E-state index is 14.5. The van der Waals surface area contributed by atoms with E-state index in [1.54, 1.807) is 17.1 Å². The standard InChI is InChI=1S/C27H22ClFN10O3/c1-42-27(41)17-7-32-39(10-17)22-6-16(15-2-3-15)9-37-11-18(33-25(22)37)12-38-13-21(34-35-38)26(40)30-8-20-24-23(29)19(28)4-5-36(24)14-31-20/h4-7,9-11,13-15H,2-3,8,12H2,1H3,(H,30,40).